The largest absolute Gasteiger partial charge is 0.494 e. The first-order chi connectivity index (χ1) is 17.6. The quantitative estimate of drug-likeness (QED) is 0.384. The van der Waals surface area contributed by atoms with Crippen LogP contribution in [-0.2, 0) is 11.3 Å². The Morgan fingerprint density at radius 3 is 2.75 bits per heavy atom. The van der Waals surface area contributed by atoms with Crippen molar-refractivity contribution >= 4 is 28.0 Å². The number of carbonyl (C=O) groups is 1. The summed E-state index contributed by atoms with van der Waals surface area (Å²) in [5.41, 5.74) is 2.88. The number of fused-ring (bicyclic) bond motifs is 3. The van der Waals surface area contributed by atoms with Crippen LogP contribution in [0, 0.1) is 0 Å². The molecule has 10 nitrogen and oxygen atoms in total. The van der Waals surface area contributed by atoms with Crippen molar-refractivity contribution in [1.29, 1.82) is 0 Å². The van der Waals surface area contributed by atoms with Gasteiger partial charge < -0.3 is 24.1 Å². The van der Waals surface area contributed by atoms with E-state index in [9.17, 15) is 9.59 Å². The van der Waals surface area contributed by atoms with Gasteiger partial charge in [0.15, 0.2) is 17.1 Å². The molecule has 0 unspecified atom stereocenters. The van der Waals surface area contributed by atoms with Gasteiger partial charge in [0.1, 0.15) is 5.75 Å². The minimum absolute atomic E-state index is 0.169. The maximum atomic E-state index is 12.7. The number of nitrogens with zero attached hydrogens (tertiary/aromatic N) is 3. The van der Waals surface area contributed by atoms with E-state index in [0.29, 0.717) is 36.4 Å². The number of aromatic amines is 2. The lowest BCUT2D eigenvalue weighted by Gasteiger charge is -2.34. The van der Waals surface area contributed by atoms with Crippen LogP contribution < -0.4 is 19.9 Å². The van der Waals surface area contributed by atoms with Gasteiger partial charge in [-0.2, -0.15) is 0 Å². The van der Waals surface area contributed by atoms with E-state index in [0.717, 1.165) is 55.1 Å². The number of hydrogen-bond donors (Lipinski definition) is 2. The Hall–Kier alpha value is -4.05. The third-order valence-corrected chi connectivity index (χ3v) is 6.64. The van der Waals surface area contributed by atoms with Crippen LogP contribution in [0.2, 0.25) is 0 Å². The molecule has 0 aliphatic carbocycles. The predicted molar refractivity (Wildman–Crippen MR) is 133 cm³/mol. The molecule has 186 valence electrons. The lowest BCUT2D eigenvalue weighted by molar-refractivity contribution is -0.133. The number of ether oxygens (including phenoxy) is 3. The Labute approximate surface area is 206 Å². The number of H-pyrrole nitrogens is 2. The second-order valence-corrected chi connectivity index (χ2v) is 9.11. The van der Waals surface area contributed by atoms with Crippen molar-refractivity contribution in [2.24, 2.45) is 0 Å². The number of amides is 1. The zero-order chi connectivity index (χ0) is 24.5. The SMILES string of the molecule is O=C(CCCOc1ccc2nc3[nH]c(=O)[nH]c3cc2c1)N1CCN(Cc2ccc3c(c2)OCO3)CC1. The molecule has 36 heavy (non-hydrogen) atoms. The average molecular weight is 490 g/mol. The number of benzene rings is 2. The van der Waals surface area contributed by atoms with Crippen molar-refractivity contribution in [2.75, 3.05) is 39.6 Å². The van der Waals surface area contributed by atoms with E-state index >= 15 is 0 Å². The number of piperazine rings is 1. The van der Waals surface area contributed by atoms with Crippen LogP contribution in [0.4, 0.5) is 0 Å². The number of hydrogen-bond acceptors (Lipinski definition) is 7. The third kappa shape index (κ3) is 4.72. The van der Waals surface area contributed by atoms with Gasteiger partial charge in [-0.25, -0.2) is 9.78 Å². The molecule has 4 heterocycles. The van der Waals surface area contributed by atoms with Crippen molar-refractivity contribution < 1.29 is 19.0 Å². The molecule has 2 N–H and O–H groups in total. The molecule has 1 amide bonds. The summed E-state index contributed by atoms with van der Waals surface area (Å²) in [5, 5.41) is 0.880. The van der Waals surface area contributed by atoms with Crippen LogP contribution in [0.15, 0.2) is 47.3 Å². The van der Waals surface area contributed by atoms with Gasteiger partial charge in [0.05, 0.1) is 17.6 Å². The summed E-state index contributed by atoms with van der Waals surface area (Å²) in [6, 6.07) is 13.5. The fraction of sp³-hybridized carbons (Fsp3) is 0.346. The second-order valence-electron chi connectivity index (χ2n) is 9.11. The Kier molecular flexibility index (Phi) is 5.94. The van der Waals surface area contributed by atoms with Crippen LogP contribution in [0.3, 0.4) is 0 Å². The number of aromatic nitrogens is 3. The molecule has 1 saturated heterocycles. The van der Waals surface area contributed by atoms with Crippen molar-refractivity contribution in [3.8, 4) is 17.2 Å². The van der Waals surface area contributed by atoms with Crippen LogP contribution in [0.5, 0.6) is 17.2 Å². The molecule has 2 aliphatic heterocycles. The highest BCUT2D eigenvalue weighted by atomic mass is 16.7. The molecule has 2 aromatic heterocycles. The summed E-state index contributed by atoms with van der Waals surface area (Å²) in [5.74, 6) is 2.48. The van der Waals surface area contributed by atoms with E-state index in [1.165, 1.54) is 5.56 Å². The smallest absolute Gasteiger partial charge is 0.325 e. The fourth-order valence-electron chi connectivity index (χ4n) is 4.72. The molecule has 6 rings (SSSR count). The standard InChI is InChI=1S/C26H27N5O5/c32-24(31-9-7-30(8-10-31)15-17-3-6-22-23(12-17)36-16-35-22)2-1-11-34-19-4-5-20-18(13-19)14-21-25(27-20)29-26(33)28-21/h3-6,12-14H,1-2,7-11,15-16H2,(H2,27,28,29,33). The molecular weight excluding hydrogens is 462 g/mol. The van der Waals surface area contributed by atoms with Crippen molar-refractivity contribution in [3.05, 3.63) is 58.5 Å². The molecular formula is C26H27N5O5. The van der Waals surface area contributed by atoms with Gasteiger partial charge in [0.2, 0.25) is 12.7 Å². The molecule has 0 spiro atoms. The van der Waals surface area contributed by atoms with Gasteiger partial charge in [0.25, 0.3) is 0 Å². The normalized spacial score (nSPS) is 15.6. The maximum Gasteiger partial charge on any atom is 0.325 e. The first-order valence-corrected chi connectivity index (χ1v) is 12.1. The molecule has 10 heteroatoms. The maximum absolute atomic E-state index is 12.7. The van der Waals surface area contributed by atoms with Gasteiger partial charge in [-0.05, 0) is 48.4 Å². The lowest BCUT2D eigenvalue weighted by Crippen LogP contribution is -2.48. The zero-order valence-corrected chi connectivity index (χ0v) is 19.8. The van der Waals surface area contributed by atoms with E-state index in [1.807, 2.05) is 41.3 Å². The zero-order valence-electron chi connectivity index (χ0n) is 19.8. The van der Waals surface area contributed by atoms with Crippen LogP contribution >= 0.6 is 0 Å². The van der Waals surface area contributed by atoms with Crippen molar-refractivity contribution in [2.45, 2.75) is 19.4 Å². The van der Waals surface area contributed by atoms with Gasteiger partial charge in [-0.15, -0.1) is 0 Å². The molecule has 2 aliphatic rings. The van der Waals surface area contributed by atoms with E-state index in [-0.39, 0.29) is 18.4 Å². The van der Waals surface area contributed by atoms with Crippen LogP contribution in [-0.4, -0.2) is 70.2 Å². The summed E-state index contributed by atoms with van der Waals surface area (Å²) >= 11 is 0. The summed E-state index contributed by atoms with van der Waals surface area (Å²) < 4.78 is 16.7. The number of carbonyl (C=O) groups excluding carboxylic acids is 1. The highest BCUT2D eigenvalue weighted by Crippen LogP contribution is 2.33. The fourth-order valence-corrected chi connectivity index (χ4v) is 4.72. The van der Waals surface area contributed by atoms with E-state index in [4.69, 9.17) is 14.2 Å². The summed E-state index contributed by atoms with van der Waals surface area (Å²) in [6.45, 7) is 4.74. The van der Waals surface area contributed by atoms with Gasteiger partial charge in [-0.3, -0.25) is 14.7 Å². The number of rotatable bonds is 7. The molecule has 0 atom stereocenters. The molecule has 4 aromatic rings. The third-order valence-electron chi connectivity index (χ3n) is 6.64. The summed E-state index contributed by atoms with van der Waals surface area (Å²) in [7, 11) is 0. The minimum atomic E-state index is -0.278. The van der Waals surface area contributed by atoms with Gasteiger partial charge >= 0.3 is 5.69 Å². The number of pyridine rings is 1. The molecule has 0 radical (unpaired) electrons. The first kappa shape index (κ1) is 22.4. The van der Waals surface area contributed by atoms with Crippen molar-refractivity contribution in [3.63, 3.8) is 0 Å². The van der Waals surface area contributed by atoms with Gasteiger partial charge in [0, 0.05) is 44.5 Å². The number of imidazole rings is 1. The molecule has 2 aromatic carbocycles. The van der Waals surface area contributed by atoms with E-state index < -0.39 is 0 Å². The summed E-state index contributed by atoms with van der Waals surface area (Å²) in [6.07, 6.45) is 1.11. The second kappa shape index (κ2) is 9.54. The molecule has 1 fully saturated rings. The van der Waals surface area contributed by atoms with Crippen molar-refractivity contribution in [1.82, 2.24) is 24.8 Å². The topological polar surface area (TPSA) is 113 Å². The van der Waals surface area contributed by atoms with Crippen LogP contribution in [0.25, 0.3) is 22.1 Å². The highest BCUT2D eigenvalue weighted by Gasteiger charge is 2.22. The van der Waals surface area contributed by atoms with E-state index in [2.05, 4.69) is 25.9 Å². The Bertz CT molecular complexity index is 1470. The molecule has 0 saturated carbocycles. The summed E-state index contributed by atoms with van der Waals surface area (Å²) in [4.78, 5) is 38.3. The van der Waals surface area contributed by atoms with Gasteiger partial charge in [-0.1, -0.05) is 6.07 Å². The Morgan fingerprint density at radius 2 is 1.86 bits per heavy atom. The number of nitrogens with one attached hydrogen (secondary N) is 2. The van der Waals surface area contributed by atoms with Crippen LogP contribution in [0.1, 0.15) is 18.4 Å². The Morgan fingerprint density at radius 1 is 1.00 bits per heavy atom. The lowest BCUT2D eigenvalue weighted by atomic mass is 10.1. The predicted octanol–water partition coefficient (Wildman–Crippen LogP) is 2.64. The molecule has 0 bridgehead atoms. The highest BCUT2D eigenvalue weighted by molar-refractivity contribution is 5.90. The minimum Gasteiger partial charge on any atom is -0.494 e. The monoisotopic (exact) mass is 489 g/mol. The first-order valence-electron chi connectivity index (χ1n) is 12.1. The Balaban J connectivity index is 0.949. The van der Waals surface area contributed by atoms with E-state index in [1.54, 1.807) is 0 Å². The average Bonchev–Trinajstić information content (AvgIpc) is 3.50.